The number of fused-ring (bicyclic) bond motifs is 1. The van der Waals surface area contributed by atoms with Crippen LogP contribution in [0.3, 0.4) is 0 Å². The summed E-state index contributed by atoms with van der Waals surface area (Å²) in [6.45, 7) is 10.1. The van der Waals surface area contributed by atoms with Crippen molar-refractivity contribution < 1.29 is 5.11 Å². The molecule has 0 atom stereocenters. The zero-order chi connectivity index (χ0) is 16.5. The number of aromatic nitrogens is 3. The van der Waals surface area contributed by atoms with Crippen LogP contribution in [0.15, 0.2) is 36.4 Å². The highest BCUT2D eigenvalue weighted by Gasteiger charge is 2.12. The normalized spacial score (nSPS) is 12.4. The largest absolute Gasteiger partial charge is 0.506 e. The molecule has 0 saturated heterocycles. The maximum absolute atomic E-state index is 9.79. The van der Waals surface area contributed by atoms with Crippen LogP contribution in [0.1, 0.15) is 46.0 Å². The molecule has 1 aliphatic carbocycles. The predicted octanol–water partition coefficient (Wildman–Crippen LogP) is 4.70. The van der Waals surface area contributed by atoms with Gasteiger partial charge in [0.1, 0.15) is 22.8 Å². The minimum atomic E-state index is 0.170. The summed E-state index contributed by atoms with van der Waals surface area (Å²) < 4.78 is 0. The van der Waals surface area contributed by atoms with Crippen molar-refractivity contribution >= 4 is 12.2 Å². The van der Waals surface area contributed by atoms with Crippen LogP contribution < -0.4 is 0 Å². The Kier molecular flexibility index (Phi) is 7.09. The van der Waals surface area contributed by atoms with Crippen molar-refractivity contribution in [2.75, 3.05) is 0 Å². The van der Waals surface area contributed by atoms with Crippen LogP contribution in [0.5, 0.6) is 5.75 Å². The van der Waals surface area contributed by atoms with Crippen molar-refractivity contribution in [3.63, 3.8) is 0 Å². The van der Waals surface area contributed by atoms with Crippen molar-refractivity contribution in [1.82, 2.24) is 15.0 Å². The van der Waals surface area contributed by atoms with E-state index in [1.54, 1.807) is 18.2 Å². The molecule has 0 bridgehead atoms. The summed E-state index contributed by atoms with van der Waals surface area (Å²) in [5.74, 6) is 0.559. The van der Waals surface area contributed by atoms with Gasteiger partial charge in [-0.15, -0.1) is 15.0 Å². The number of allylic oxidation sites excluding steroid dienone is 2. The second-order valence-corrected chi connectivity index (χ2v) is 4.33. The van der Waals surface area contributed by atoms with Gasteiger partial charge in [0.25, 0.3) is 0 Å². The lowest BCUT2D eigenvalue weighted by molar-refractivity contribution is 0.467. The van der Waals surface area contributed by atoms with Crippen LogP contribution >= 0.6 is 0 Å². The van der Waals surface area contributed by atoms with Crippen molar-refractivity contribution in [2.24, 2.45) is 5.92 Å². The zero-order valence-corrected chi connectivity index (χ0v) is 14.0. The fourth-order valence-corrected chi connectivity index (χ4v) is 1.86. The number of aromatic hydroxyl groups is 1. The van der Waals surface area contributed by atoms with E-state index >= 15 is 0 Å². The number of hydrogen-bond donors (Lipinski definition) is 1. The van der Waals surface area contributed by atoms with Gasteiger partial charge in [0.2, 0.25) is 0 Å². The van der Waals surface area contributed by atoms with Crippen molar-refractivity contribution in [3.05, 3.63) is 47.8 Å². The van der Waals surface area contributed by atoms with Gasteiger partial charge in [-0.25, -0.2) is 0 Å². The van der Waals surface area contributed by atoms with Crippen molar-refractivity contribution in [3.8, 4) is 11.4 Å². The minimum absolute atomic E-state index is 0.170. The van der Waals surface area contributed by atoms with E-state index in [-0.39, 0.29) is 5.75 Å². The molecule has 1 heterocycles. The van der Waals surface area contributed by atoms with Crippen LogP contribution in [0.25, 0.3) is 17.8 Å². The van der Waals surface area contributed by atoms with Gasteiger partial charge < -0.3 is 5.11 Å². The summed E-state index contributed by atoms with van der Waals surface area (Å²) in [6.07, 6.45) is 8.07. The number of para-hydroxylation sites is 2. The predicted molar refractivity (Wildman–Crippen MR) is 93.0 cm³/mol. The topological polar surface area (TPSA) is 50.9 Å². The lowest BCUT2D eigenvalue weighted by atomic mass is 10.2. The average molecular weight is 299 g/mol. The van der Waals surface area contributed by atoms with Gasteiger partial charge in [-0.1, -0.05) is 58.9 Å². The summed E-state index contributed by atoms with van der Waals surface area (Å²) in [5.41, 5.74) is 2.22. The second kappa shape index (κ2) is 8.82. The Morgan fingerprint density at radius 3 is 1.91 bits per heavy atom. The number of phenols is 1. The molecule has 0 fully saturated rings. The second-order valence-electron chi connectivity index (χ2n) is 4.33. The van der Waals surface area contributed by atoms with Gasteiger partial charge in [0, 0.05) is 0 Å². The highest BCUT2D eigenvalue weighted by molar-refractivity contribution is 5.62. The van der Waals surface area contributed by atoms with E-state index in [2.05, 4.69) is 29.3 Å². The molecule has 2 aromatic rings. The number of hydrogen-bond acceptors (Lipinski definition) is 3. The molecule has 1 N–H and O–H groups in total. The standard InChI is InChI=1S/C14H13N3O.2C2H6/c1-10-6-8-11-12(9-7-10)16-17(15-11)13-4-2-3-5-14(13)18;2*1-2/h2-10,18H,1H3;2*1-2H3. The maximum Gasteiger partial charge on any atom is 0.143 e. The summed E-state index contributed by atoms with van der Waals surface area (Å²) in [6, 6.07) is 7.02. The van der Waals surface area contributed by atoms with Gasteiger partial charge in [0.05, 0.1) is 0 Å². The highest BCUT2D eigenvalue weighted by Crippen LogP contribution is 2.22. The maximum atomic E-state index is 9.79. The summed E-state index contributed by atoms with van der Waals surface area (Å²) in [5, 5.41) is 18.6. The van der Waals surface area contributed by atoms with Crippen molar-refractivity contribution in [1.29, 1.82) is 0 Å². The molecule has 1 aromatic carbocycles. The quantitative estimate of drug-likeness (QED) is 0.830. The number of rotatable bonds is 1. The Balaban J connectivity index is 0.000000561. The van der Waals surface area contributed by atoms with E-state index in [0.717, 1.165) is 11.4 Å². The summed E-state index contributed by atoms with van der Waals surface area (Å²) in [4.78, 5) is 1.46. The number of benzene rings is 1. The van der Waals surface area contributed by atoms with E-state index in [1.807, 2.05) is 45.9 Å². The zero-order valence-electron chi connectivity index (χ0n) is 14.0. The lowest BCUT2D eigenvalue weighted by Crippen LogP contribution is -1.99. The molecule has 4 nitrogen and oxygen atoms in total. The van der Waals surface area contributed by atoms with Crippen LogP contribution in [0.4, 0.5) is 0 Å². The molecular weight excluding hydrogens is 274 g/mol. The third-order valence-corrected chi connectivity index (χ3v) is 2.88. The SMILES string of the molecule is CC.CC.CC1C=Cc2nn(-c3ccccc3O)nc2C=C1. The molecule has 22 heavy (non-hydrogen) atoms. The average Bonchev–Trinajstić information content (AvgIpc) is 2.90. The first-order chi connectivity index (χ1) is 10.7. The van der Waals surface area contributed by atoms with Gasteiger partial charge in [-0.3, -0.25) is 0 Å². The molecule has 0 spiro atoms. The van der Waals surface area contributed by atoms with E-state index in [0.29, 0.717) is 11.6 Å². The molecule has 0 radical (unpaired) electrons. The minimum Gasteiger partial charge on any atom is -0.506 e. The Hall–Kier alpha value is -2.36. The first kappa shape index (κ1) is 17.7. The monoisotopic (exact) mass is 299 g/mol. The fourth-order valence-electron chi connectivity index (χ4n) is 1.86. The van der Waals surface area contributed by atoms with Crippen LogP contribution in [-0.2, 0) is 0 Å². The Morgan fingerprint density at radius 1 is 0.909 bits per heavy atom. The van der Waals surface area contributed by atoms with Gasteiger partial charge in [0.15, 0.2) is 0 Å². The Bertz CT molecular complexity index is 610. The molecule has 3 rings (SSSR count). The Labute approximate surface area is 132 Å². The Morgan fingerprint density at radius 2 is 1.41 bits per heavy atom. The first-order valence-corrected chi connectivity index (χ1v) is 7.86. The van der Waals surface area contributed by atoms with Gasteiger partial charge >= 0.3 is 0 Å². The lowest BCUT2D eigenvalue weighted by Gasteiger charge is -2.01. The van der Waals surface area contributed by atoms with Gasteiger partial charge in [-0.2, -0.15) is 0 Å². The van der Waals surface area contributed by atoms with E-state index in [9.17, 15) is 5.11 Å². The number of nitrogens with zero attached hydrogens (tertiary/aromatic N) is 3. The summed E-state index contributed by atoms with van der Waals surface area (Å²) in [7, 11) is 0. The molecule has 4 heteroatoms. The van der Waals surface area contributed by atoms with E-state index < -0.39 is 0 Å². The molecule has 118 valence electrons. The molecule has 0 unspecified atom stereocenters. The molecule has 0 saturated carbocycles. The number of phenolic OH excluding ortho intramolecular Hbond substituents is 1. The third-order valence-electron chi connectivity index (χ3n) is 2.88. The third kappa shape index (κ3) is 4.07. The van der Waals surface area contributed by atoms with Crippen LogP contribution in [0.2, 0.25) is 0 Å². The first-order valence-electron chi connectivity index (χ1n) is 7.86. The smallest absolute Gasteiger partial charge is 0.143 e. The van der Waals surface area contributed by atoms with Crippen LogP contribution in [-0.4, -0.2) is 20.1 Å². The summed E-state index contributed by atoms with van der Waals surface area (Å²) >= 11 is 0. The van der Waals surface area contributed by atoms with E-state index in [4.69, 9.17) is 0 Å². The van der Waals surface area contributed by atoms with Gasteiger partial charge in [-0.05, 0) is 30.2 Å². The van der Waals surface area contributed by atoms with Crippen LogP contribution in [0, 0.1) is 5.92 Å². The van der Waals surface area contributed by atoms with E-state index in [1.165, 1.54) is 4.80 Å². The highest BCUT2D eigenvalue weighted by atomic mass is 16.3. The molecule has 1 aliphatic rings. The molecule has 1 aromatic heterocycles. The molecular formula is C18H25N3O. The van der Waals surface area contributed by atoms with Crippen molar-refractivity contribution in [2.45, 2.75) is 34.6 Å². The molecule has 0 amide bonds. The molecule has 0 aliphatic heterocycles. The fraction of sp³-hybridized carbons (Fsp3) is 0.333.